The number of ketones is 1. The van der Waals surface area contributed by atoms with E-state index >= 15 is 0 Å². The Balaban J connectivity index is 1.63. The third-order valence-corrected chi connectivity index (χ3v) is 6.94. The number of aliphatic hydroxyl groups excluding tert-OH is 1. The number of aliphatic hydroxyl groups is 1. The Bertz CT molecular complexity index is 1470. The monoisotopic (exact) mass is 522 g/mol. The third-order valence-electron chi connectivity index (χ3n) is 5.80. The highest BCUT2D eigenvalue weighted by Crippen LogP contribution is 2.45. The molecule has 1 N–H and O–H groups in total. The van der Waals surface area contributed by atoms with E-state index in [0.29, 0.717) is 36.2 Å². The third kappa shape index (κ3) is 4.27. The van der Waals surface area contributed by atoms with Crippen molar-refractivity contribution in [1.82, 2.24) is 4.98 Å². The van der Waals surface area contributed by atoms with Crippen LogP contribution in [-0.2, 0) is 14.3 Å². The van der Waals surface area contributed by atoms with E-state index in [2.05, 4.69) is 11.6 Å². The lowest BCUT2D eigenvalue weighted by Gasteiger charge is -2.21. The van der Waals surface area contributed by atoms with E-state index in [1.54, 1.807) is 44.2 Å². The van der Waals surface area contributed by atoms with Crippen molar-refractivity contribution in [3.8, 4) is 11.5 Å². The number of ether oxygens (including phenoxy) is 3. The van der Waals surface area contributed by atoms with Crippen molar-refractivity contribution in [1.29, 1.82) is 0 Å². The van der Waals surface area contributed by atoms with Crippen LogP contribution in [0.5, 0.6) is 11.5 Å². The quantitative estimate of drug-likeness (QED) is 0.167. The summed E-state index contributed by atoms with van der Waals surface area (Å²) < 4.78 is 22.0. The van der Waals surface area contributed by atoms with Gasteiger partial charge in [0.1, 0.15) is 48.0 Å². The van der Waals surface area contributed by atoms with Crippen LogP contribution < -0.4 is 14.4 Å². The van der Waals surface area contributed by atoms with Crippen molar-refractivity contribution >= 4 is 39.9 Å². The van der Waals surface area contributed by atoms with Gasteiger partial charge in [-0.25, -0.2) is 9.78 Å². The summed E-state index contributed by atoms with van der Waals surface area (Å²) in [6.07, 6.45) is 1.44. The van der Waals surface area contributed by atoms with Crippen LogP contribution in [0.25, 0.3) is 5.76 Å². The van der Waals surface area contributed by atoms with Crippen LogP contribution >= 0.6 is 11.3 Å². The second-order valence-corrected chi connectivity index (χ2v) is 9.25. The number of furan rings is 1. The number of esters is 1. The van der Waals surface area contributed by atoms with E-state index in [1.807, 2.05) is 0 Å². The van der Waals surface area contributed by atoms with E-state index in [4.69, 9.17) is 18.6 Å². The first kappa shape index (κ1) is 24.3. The van der Waals surface area contributed by atoms with Gasteiger partial charge >= 0.3 is 11.9 Å². The molecule has 1 fully saturated rings. The molecule has 3 aromatic rings. The maximum absolute atomic E-state index is 13.3. The number of thiazole rings is 1. The SMILES string of the molecule is C=CCOC(=O)c1sc(N2C(=O)C(=O)/C(=C(/O)c3ccc4c(c3)OCCO4)C2c2ccc(C)o2)nc1C. The summed E-state index contributed by atoms with van der Waals surface area (Å²) in [5.74, 6) is -1.16. The summed E-state index contributed by atoms with van der Waals surface area (Å²) >= 11 is 0.905. The van der Waals surface area contributed by atoms with E-state index in [-0.39, 0.29) is 33.5 Å². The Labute approximate surface area is 215 Å². The lowest BCUT2D eigenvalue weighted by molar-refractivity contribution is -0.132. The van der Waals surface area contributed by atoms with Gasteiger partial charge in [-0.2, -0.15) is 0 Å². The lowest BCUT2D eigenvalue weighted by Crippen LogP contribution is -2.29. The Morgan fingerprint density at radius 3 is 2.68 bits per heavy atom. The van der Waals surface area contributed by atoms with Gasteiger partial charge in [0.2, 0.25) is 0 Å². The first-order valence-corrected chi connectivity index (χ1v) is 12.1. The summed E-state index contributed by atoms with van der Waals surface area (Å²) in [5.41, 5.74) is 0.413. The number of Topliss-reactive ketones (excluding diaryl/α,β-unsaturated/α-hetero) is 1. The predicted octanol–water partition coefficient (Wildman–Crippen LogP) is 4.09. The fraction of sp³-hybridized carbons (Fsp3) is 0.231. The van der Waals surface area contributed by atoms with Crippen molar-refractivity contribution in [2.75, 3.05) is 24.7 Å². The van der Waals surface area contributed by atoms with Gasteiger partial charge in [0, 0.05) is 5.56 Å². The van der Waals surface area contributed by atoms with Crippen molar-refractivity contribution in [2.24, 2.45) is 0 Å². The van der Waals surface area contributed by atoms with Crippen LogP contribution in [-0.4, -0.2) is 47.6 Å². The topological polar surface area (TPSA) is 128 Å². The molecule has 4 heterocycles. The van der Waals surface area contributed by atoms with E-state index < -0.39 is 29.5 Å². The van der Waals surface area contributed by atoms with Crippen LogP contribution in [0, 0.1) is 13.8 Å². The summed E-state index contributed by atoms with van der Waals surface area (Å²) in [6, 6.07) is 6.92. The first-order valence-electron chi connectivity index (χ1n) is 11.3. The fourth-order valence-corrected chi connectivity index (χ4v) is 5.11. The zero-order valence-electron chi connectivity index (χ0n) is 20.0. The maximum Gasteiger partial charge on any atom is 0.350 e. The van der Waals surface area contributed by atoms with Gasteiger partial charge in [-0.1, -0.05) is 24.0 Å². The van der Waals surface area contributed by atoms with Crippen molar-refractivity contribution in [3.05, 3.63) is 76.2 Å². The lowest BCUT2D eigenvalue weighted by atomic mass is 9.99. The molecule has 1 aromatic carbocycles. The zero-order chi connectivity index (χ0) is 26.3. The minimum Gasteiger partial charge on any atom is -0.507 e. The number of amides is 1. The molecule has 1 atom stereocenters. The zero-order valence-corrected chi connectivity index (χ0v) is 20.8. The number of anilines is 1. The number of carbonyl (C=O) groups excluding carboxylic acids is 3. The Kier molecular flexibility index (Phi) is 6.30. The van der Waals surface area contributed by atoms with Crippen LogP contribution in [0.3, 0.4) is 0 Å². The number of aromatic nitrogens is 1. The second-order valence-electron chi connectivity index (χ2n) is 8.27. The smallest absolute Gasteiger partial charge is 0.350 e. The standard InChI is InChI=1S/C26H22N2O8S/c1-4-9-35-25(32)23-14(3)27-26(37-23)28-20(17-7-5-13(2)36-17)19(22(30)24(28)31)21(29)15-6-8-16-18(12-15)34-11-10-33-16/h4-8,12,20,29H,1,9-11H2,2-3H3/b21-19+. The summed E-state index contributed by atoms with van der Waals surface area (Å²) in [5, 5.41) is 11.4. The molecular weight excluding hydrogens is 500 g/mol. The largest absolute Gasteiger partial charge is 0.507 e. The number of aryl methyl sites for hydroxylation is 2. The highest BCUT2D eigenvalue weighted by Gasteiger charge is 2.50. The molecular formula is C26H22N2O8S. The highest BCUT2D eigenvalue weighted by molar-refractivity contribution is 7.17. The van der Waals surface area contributed by atoms with Crippen molar-refractivity contribution < 1.29 is 38.1 Å². The first-order chi connectivity index (χ1) is 17.8. The van der Waals surface area contributed by atoms with Crippen LogP contribution in [0.1, 0.15) is 38.5 Å². The Morgan fingerprint density at radius 2 is 1.97 bits per heavy atom. The average Bonchev–Trinajstić information content (AvgIpc) is 3.57. The molecule has 0 aliphatic carbocycles. The molecule has 190 valence electrons. The number of nitrogens with zero attached hydrogens (tertiary/aromatic N) is 2. The van der Waals surface area contributed by atoms with Gasteiger partial charge in [-0.3, -0.25) is 14.5 Å². The Morgan fingerprint density at radius 1 is 1.22 bits per heavy atom. The number of hydrogen-bond acceptors (Lipinski definition) is 10. The molecule has 1 amide bonds. The van der Waals surface area contributed by atoms with Crippen LogP contribution in [0.15, 0.2) is 53.0 Å². The van der Waals surface area contributed by atoms with Gasteiger partial charge in [0.25, 0.3) is 5.78 Å². The van der Waals surface area contributed by atoms with Gasteiger partial charge in [0.15, 0.2) is 16.6 Å². The molecule has 10 nitrogen and oxygen atoms in total. The predicted molar refractivity (Wildman–Crippen MR) is 133 cm³/mol. The minimum absolute atomic E-state index is 0.0111. The Hall–Kier alpha value is -4.38. The number of benzene rings is 1. The van der Waals surface area contributed by atoms with Gasteiger partial charge in [-0.05, 0) is 44.2 Å². The van der Waals surface area contributed by atoms with E-state index in [0.717, 1.165) is 16.2 Å². The molecule has 0 bridgehead atoms. The molecule has 1 unspecified atom stereocenters. The van der Waals surface area contributed by atoms with E-state index in [9.17, 15) is 19.5 Å². The molecule has 1 saturated heterocycles. The highest BCUT2D eigenvalue weighted by atomic mass is 32.1. The molecule has 37 heavy (non-hydrogen) atoms. The fourth-order valence-electron chi connectivity index (χ4n) is 4.12. The molecule has 2 aliphatic rings. The van der Waals surface area contributed by atoms with E-state index in [1.165, 1.54) is 6.08 Å². The molecule has 0 spiro atoms. The van der Waals surface area contributed by atoms with Gasteiger partial charge in [0.05, 0.1) is 11.3 Å². The van der Waals surface area contributed by atoms with Gasteiger partial charge < -0.3 is 23.7 Å². The molecule has 2 aromatic heterocycles. The van der Waals surface area contributed by atoms with Crippen LogP contribution in [0.2, 0.25) is 0 Å². The number of hydrogen-bond donors (Lipinski definition) is 1. The summed E-state index contributed by atoms with van der Waals surface area (Å²) in [7, 11) is 0. The number of carbonyl (C=O) groups is 3. The van der Waals surface area contributed by atoms with Crippen molar-refractivity contribution in [3.63, 3.8) is 0 Å². The van der Waals surface area contributed by atoms with Crippen LogP contribution in [0.4, 0.5) is 5.13 Å². The normalized spacial score (nSPS) is 18.2. The summed E-state index contributed by atoms with van der Waals surface area (Å²) in [4.78, 5) is 44.8. The van der Waals surface area contributed by atoms with Gasteiger partial charge in [-0.15, -0.1) is 0 Å². The van der Waals surface area contributed by atoms with Crippen molar-refractivity contribution in [2.45, 2.75) is 19.9 Å². The molecule has 0 saturated carbocycles. The average molecular weight is 523 g/mol. The molecule has 0 radical (unpaired) electrons. The minimum atomic E-state index is -1.12. The molecule has 11 heteroatoms. The maximum atomic E-state index is 13.3. The number of rotatable bonds is 6. The molecule has 5 rings (SSSR count). The number of fused-ring (bicyclic) bond motifs is 1. The molecule has 2 aliphatic heterocycles. The summed E-state index contributed by atoms with van der Waals surface area (Å²) in [6.45, 7) is 7.59. The second kappa shape index (κ2) is 9.58.